The lowest BCUT2D eigenvalue weighted by Gasteiger charge is -2.15. The molecule has 0 amide bonds. The summed E-state index contributed by atoms with van der Waals surface area (Å²) >= 11 is 0. The second kappa shape index (κ2) is 3.91. The Labute approximate surface area is 61.3 Å². The van der Waals surface area contributed by atoms with Gasteiger partial charge in [0.05, 0.1) is 19.3 Å². The molecule has 1 saturated heterocycles. The molecule has 10 heavy (non-hydrogen) atoms. The topological polar surface area (TPSA) is 27.7 Å². The summed E-state index contributed by atoms with van der Waals surface area (Å²) in [5.74, 6) is 0. The molecule has 0 saturated carbocycles. The first kappa shape index (κ1) is 7.98. The van der Waals surface area contributed by atoms with Crippen molar-refractivity contribution in [2.45, 2.75) is 25.7 Å². The second-order valence-electron chi connectivity index (χ2n) is 2.48. The van der Waals surface area contributed by atoms with Crippen molar-refractivity contribution < 1.29 is 14.2 Å². The van der Waals surface area contributed by atoms with E-state index < -0.39 is 0 Å². The minimum Gasteiger partial charge on any atom is -0.379 e. The van der Waals surface area contributed by atoms with Crippen LogP contribution in [0.4, 0.5) is 0 Å². The summed E-state index contributed by atoms with van der Waals surface area (Å²) in [5.41, 5.74) is 0. The average molecular weight is 146 g/mol. The fourth-order valence-electron chi connectivity index (χ4n) is 0.969. The molecular formula is C7H14O3. The van der Waals surface area contributed by atoms with E-state index in [1.54, 1.807) is 7.11 Å². The minimum atomic E-state index is -0.0718. The molecule has 0 aliphatic carbocycles. The van der Waals surface area contributed by atoms with Crippen LogP contribution in [-0.2, 0) is 14.2 Å². The highest BCUT2D eigenvalue weighted by Gasteiger charge is 2.16. The van der Waals surface area contributed by atoms with E-state index in [1.165, 1.54) is 0 Å². The third-order valence-electron chi connectivity index (χ3n) is 1.50. The van der Waals surface area contributed by atoms with Crippen molar-refractivity contribution in [3.8, 4) is 0 Å². The summed E-state index contributed by atoms with van der Waals surface area (Å²) in [7, 11) is 1.66. The first-order valence-corrected chi connectivity index (χ1v) is 3.59. The predicted molar refractivity (Wildman–Crippen MR) is 36.8 cm³/mol. The molecule has 1 aliphatic rings. The van der Waals surface area contributed by atoms with Crippen molar-refractivity contribution >= 4 is 0 Å². The Morgan fingerprint density at radius 2 is 2.30 bits per heavy atom. The van der Waals surface area contributed by atoms with Gasteiger partial charge >= 0.3 is 0 Å². The highest BCUT2D eigenvalue weighted by atomic mass is 16.7. The summed E-state index contributed by atoms with van der Waals surface area (Å²) in [6, 6.07) is 0. The third-order valence-corrected chi connectivity index (χ3v) is 1.50. The maximum absolute atomic E-state index is 5.41. The van der Waals surface area contributed by atoms with Crippen LogP contribution >= 0.6 is 0 Å². The van der Waals surface area contributed by atoms with Crippen molar-refractivity contribution in [2.24, 2.45) is 0 Å². The van der Waals surface area contributed by atoms with E-state index in [1.807, 2.05) is 6.92 Å². The van der Waals surface area contributed by atoms with Gasteiger partial charge in [-0.3, -0.25) is 0 Å². The molecule has 0 aromatic rings. The molecule has 1 heterocycles. The van der Waals surface area contributed by atoms with Gasteiger partial charge in [0.1, 0.15) is 0 Å². The highest BCUT2D eigenvalue weighted by molar-refractivity contribution is 4.55. The van der Waals surface area contributed by atoms with Gasteiger partial charge in [0, 0.05) is 13.5 Å². The Bertz CT molecular complexity index is 94.9. The van der Waals surface area contributed by atoms with Crippen LogP contribution in [0.1, 0.15) is 13.3 Å². The van der Waals surface area contributed by atoms with Crippen molar-refractivity contribution in [1.82, 2.24) is 0 Å². The molecule has 0 bridgehead atoms. The minimum absolute atomic E-state index is 0.0718. The van der Waals surface area contributed by atoms with Crippen molar-refractivity contribution in [3.05, 3.63) is 0 Å². The maximum Gasteiger partial charge on any atom is 0.159 e. The molecule has 0 N–H and O–H groups in total. The zero-order chi connectivity index (χ0) is 7.40. The number of rotatable bonds is 1. The lowest BCUT2D eigenvalue weighted by molar-refractivity contribution is -0.145. The van der Waals surface area contributed by atoms with E-state index in [-0.39, 0.29) is 12.4 Å². The molecule has 3 nitrogen and oxygen atoms in total. The van der Waals surface area contributed by atoms with E-state index in [0.717, 1.165) is 13.0 Å². The lowest BCUT2D eigenvalue weighted by atomic mass is 10.4. The zero-order valence-electron chi connectivity index (χ0n) is 6.50. The van der Waals surface area contributed by atoms with Gasteiger partial charge in [-0.2, -0.15) is 0 Å². The molecule has 1 aliphatic heterocycles. The van der Waals surface area contributed by atoms with Gasteiger partial charge in [-0.25, -0.2) is 0 Å². The number of hydrogen-bond acceptors (Lipinski definition) is 3. The van der Waals surface area contributed by atoms with Gasteiger partial charge < -0.3 is 14.2 Å². The monoisotopic (exact) mass is 146 g/mol. The predicted octanol–water partition coefficient (Wildman–Crippen LogP) is 0.784. The normalized spacial score (nSPS) is 35.4. The van der Waals surface area contributed by atoms with Crippen LogP contribution in [0.15, 0.2) is 0 Å². The summed E-state index contributed by atoms with van der Waals surface area (Å²) < 4.78 is 15.7. The molecule has 1 fully saturated rings. The molecule has 0 aromatic carbocycles. The molecule has 0 spiro atoms. The number of ether oxygens (including phenoxy) is 3. The van der Waals surface area contributed by atoms with Gasteiger partial charge in [-0.15, -0.1) is 0 Å². The molecule has 0 radical (unpaired) electrons. The van der Waals surface area contributed by atoms with Gasteiger partial charge in [-0.05, 0) is 6.92 Å². The summed E-state index contributed by atoms with van der Waals surface area (Å²) in [6.45, 7) is 3.40. The fraction of sp³-hybridized carbons (Fsp3) is 1.00. The Balaban J connectivity index is 2.30. The van der Waals surface area contributed by atoms with Gasteiger partial charge in [0.25, 0.3) is 0 Å². The standard InChI is InChI=1S/C7H14O3/c1-6-5-9-4-3-7(8-2)10-6/h6-7H,3-5H2,1-2H3. The smallest absolute Gasteiger partial charge is 0.159 e. The van der Waals surface area contributed by atoms with Crippen LogP contribution < -0.4 is 0 Å². The van der Waals surface area contributed by atoms with Crippen LogP contribution in [0.2, 0.25) is 0 Å². The molecule has 3 heteroatoms. The van der Waals surface area contributed by atoms with Crippen LogP contribution in [0.5, 0.6) is 0 Å². The van der Waals surface area contributed by atoms with E-state index in [2.05, 4.69) is 0 Å². The van der Waals surface area contributed by atoms with E-state index >= 15 is 0 Å². The van der Waals surface area contributed by atoms with Crippen molar-refractivity contribution in [3.63, 3.8) is 0 Å². The number of methoxy groups -OCH3 is 1. The first-order chi connectivity index (χ1) is 4.83. The Kier molecular flexibility index (Phi) is 3.12. The van der Waals surface area contributed by atoms with E-state index in [0.29, 0.717) is 6.61 Å². The average Bonchev–Trinajstić information content (AvgIpc) is 2.13. The third kappa shape index (κ3) is 2.25. The lowest BCUT2D eigenvalue weighted by Crippen LogP contribution is -2.20. The Hall–Kier alpha value is -0.120. The van der Waals surface area contributed by atoms with E-state index in [4.69, 9.17) is 14.2 Å². The molecule has 60 valence electrons. The zero-order valence-corrected chi connectivity index (χ0v) is 6.50. The molecule has 2 unspecified atom stereocenters. The molecular weight excluding hydrogens is 132 g/mol. The molecule has 0 aromatic heterocycles. The van der Waals surface area contributed by atoms with Crippen LogP contribution in [0, 0.1) is 0 Å². The summed E-state index contributed by atoms with van der Waals surface area (Å²) in [5, 5.41) is 0. The van der Waals surface area contributed by atoms with Crippen molar-refractivity contribution in [2.75, 3.05) is 20.3 Å². The Morgan fingerprint density at radius 1 is 1.50 bits per heavy atom. The summed E-state index contributed by atoms with van der Waals surface area (Å²) in [4.78, 5) is 0. The first-order valence-electron chi connectivity index (χ1n) is 3.59. The fourth-order valence-corrected chi connectivity index (χ4v) is 0.969. The van der Waals surface area contributed by atoms with Crippen LogP contribution in [0.3, 0.4) is 0 Å². The second-order valence-corrected chi connectivity index (χ2v) is 2.48. The van der Waals surface area contributed by atoms with Crippen LogP contribution in [-0.4, -0.2) is 32.7 Å². The molecule has 2 atom stereocenters. The molecule has 1 rings (SSSR count). The quantitative estimate of drug-likeness (QED) is 0.547. The maximum atomic E-state index is 5.41. The van der Waals surface area contributed by atoms with Gasteiger partial charge in [0.15, 0.2) is 6.29 Å². The van der Waals surface area contributed by atoms with E-state index in [9.17, 15) is 0 Å². The largest absolute Gasteiger partial charge is 0.379 e. The SMILES string of the molecule is COC1CCOCC(C)O1. The van der Waals surface area contributed by atoms with Gasteiger partial charge in [0.2, 0.25) is 0 Å². The van der Waals surface area contributed by atoms with Gasteiger partial charge in [-0.1, -0.05) is 0 Å². The van der Waals surface area contributed by atoms with Crippen molar-refractivity contribution in [1.29, 1.82) is 0 Å². The number of hydrogen-bond donors (Lipinski definition) is 0. The Morgan fingerprint density at radius 3 is 3.00 bits per heavy atom. The summed E-state index contributed by atoms with van der Waals surface area (Å²) in [6.07, 6.45) is 0.922. The van der Waals surface area contributed by atoms with Crippen LogP contribution in [0.25, 0.3) is 0 Å². The highest BCUT2D eigenvalue weighted by Crippen LogP contribution is 2.08.